The molecule has 9 nitrogen and oxygen atoms in total. The minimum atomic E-state index is -1.16. The molecule has 3 N–H and O–H groups in total. The number of hydrogen-bond acceptors (Lipinski definition) is 6. The van der Waals surface area contributed by atoms with Crippen LogP contribution in [0.1, 0.15) is 128 Å². The highest BCUT2D eigenvalue weighted by molar-refractivity contribution is 5.87. The zero-order valence-corrected chi connectivity index (χ0v) is 20.8. The van der Waals surface area contributed by atoms with Crippen LogP contribution in [0.25, 0.3) is 0 Å². The fraction of sp³-hybridized carbons (Fsp3) is 0.840. The first-order chi connectivity index (χ1) is 16.4. The second-order valence-electron chi connectivity index (χ2n) is 9.04. The van der Waals surface area contributed by atoms with E-state index in [1.807, 2.05) is 0 Å². The van der Waals surface area contributed by atoms with Gasteiger partial charge in [-0.3, -0.25) is 19.4 Å². The predicted octanol–water partition coefficient (Wildman–Crippen LogP) is 5.44. The van der Waals surface area contributed by atoms with Gasteiger partial charge in [-0.15, -0.1) is 4.91 Å². The van der Waals surface area contributed by atoms with Gasteiger partial charge in [-0.2, -0.15) is 0 Å². The Morgan fingerprint density at radius 1 is 0.735 bits per heavy atom. The van der Waals surface area contributed by atoms with E-state index in [-0.39, 0.29) is 19.3 Å². The zero-order valence-electron chi connectivity index (χ0n) is 20.8. The van der Waals surface area contributed by atoms with E-state index in [4.69, 9.17) is 10.9 Å². The number of unbranched alkanes of at least 4 members (excludes halogenated alkanes) is 15. The zero-order chi connectivity index (χ0) is 25.4. The lowest BCUT2D eigenvalue weighted by Gasteiger charge is -2.23. The summed E-state index contributed by atoms with van der Waals surface area (Å²) >= 11 is 0. The molecule has 0 unspecified atom stereocenters. The summed E-state index contributed by atoms with van der Waals surface area (Å²) in [7, 11) is 0. The van der Waals surface area contributed by atoms with Crippen molar-refractivity contribution in [2.45, 2.75) is 134 Å². The number of aliphatic carboxylic acids is 1. The van der Waals surface area contributed by atoms with Gasteiger partial charge in [-0.05, 0) is 19.3 Å². The van der Waals surface area contributed by atoms with Crippen LogP contribution in [0.2, 0.25) is 0 Å². The number of carbonyl (C=O) groups is 4. The van der Waals surface area contributed by atoms with Crippen molar-refractivity contribution < 1.29 is 24.3 Å². The Morgan fingerprint density at radius 3 is 1.47 bits per heavy atom. The smallest absolute Gasteiger partial charge is 0.310 e. The molecule has 0 aliphatic heterocycles. The second-order valence-corrected chi connectivity index (χ2v) is 9.04. The maximum absolute atomic E-state index is 12.1. The van der Waals surface area contributed by atoms with Crippen molar-refractivity contribution in [2.75, 3.05) is 0 Å². The molecule has 0 heterocycles. The van der Waals surface area contributed by atoms with E-state index in [1.54, 1.807) is 0 Å². The Kier molecular flexibility index (Phi) is 21.2. The monoisotopic (exact) mass is 483 g/mol. The molecule has 9 heteroatoms. The Balaban J connectivity index is 3.53. The second kappa shape index (κ2) is 22.6. The molecule has 0 aliphatic rings. The van der Waals surface area contributed by atoms with Gasteiger partial charge >= 0.3 is 11.9 Å². The van der Waals surface area contributed by atoms with E-state index >= 15 is 0 Å². The number of aldehydes is 1. The van der Waals surface area contributed by atoms with Crippen molar-refractivity contribution >= 4 is 24.1 Å². The average Bonchev–Trinajstić information content (AvgIpc) is 2.82. The minimum absolute atomic E-state index is 0.00644. The van der Waals surface area contributed by atoms with E-state index in [0.717, 1.165) is 43.5 Å². The van der Waals surface area contributed by atoms with E-state index in [9.17, 15) is 24.1 Å². The lowest BCUT2D eigenvalue weighted by molar-refractivity contribution is -0.140. The van der Waals surface area contributed by atoms with Crippen LogP contribution in [-0.4, -0.2) is 40.2 Å². The summed E-state index contributed by atoms with van der Waals surface area (Å²) < 4.78 is 0. The first-order valence-electron chi connectivity index (χ1n) is 13.0. The maximum atomic E-state index is 12.1. The van der Waals surface area contributed by atoms with Gasteiger partial charge in [0.25, 0.3) is 0 Å². The topological polar surface area (TPSA) is 147 Å². The summed E-state index contributed by atoms with van der Waals surface area (Å²) in [6.45, 7) is 0. The third kappa shape index (κ3) is 18.3. The van der Waals surface area contributed by atoms with Crippen LogP contribution >= 0.6 is 0 Å². The van der Waals surface area contributed by atoms with Gasteiger partial charge < -0.3 is 9.90 Å². The fourth-order valence-electron chi connectivity index (χ4n) is 4.00. The lowest BCUT2D eigenvalue weighted by atomic mass is 10.0. The SMILES string of the molecule is NN(C(=O)CCCCCCCCCCCCCCCCCCC(=O)O)[C@@H](CCC=O)C(=O)N=O. The Bertz CT molecular complexity index is 585. The van der Waals surface area contributed by atoms with E-state index < -0.39 is 23.8 Å². The van der Waals surface area contributed by atoms with Gasteiger partial charge in [0.15, 0.2) is 0 Å². The molecular weight excluding hydrogens is 438 g/mol. The standard InChI is InChI=1S/C25H45N3O6/c26-28(22(18-17-21-29)25(33)27-34)23(30)19-15-13-11-9-7-5-3-1-2-4-6-8-10-12-14-16-20-24(31)32/h21-22H,1-20,26H2,(H,31,32)/t22-/m0/s1. The molecule has 0 bridgehead atoms. The number of hydrogen-bond donors (Lipinski definition) is 2. The highest BCUT2D eigenvalue weighted by Gasteiger charge is 2.27. The molecule has 0 spiro atoms. The Hall–Kier alpha value is -2.16. The molecule has 2 amide bonds. The van der Waals surface area contributed by atoms with Crippen LogP contribution in [0.5, 0.6) is 0 Å². The van der Waals surface area contributed by atoms with Gasteiger partial charge in [-0.25, -0.2) is 5.84 Å². The number of nitrogens with two attached hydrogens (primary N) is 1. The van der Waals surface area contributed by atoms with Crippen molar-refractivity contribution in [1.82, 2.24) is 5.01 Å². The van der Waals surface area contributed by atoms with Crippen LogP contribution in [0.4, 0.5) is 0 Å². The van der Waals surface area contributed by atoms with E-state index in [1.165, 1.54) is 57.8 Å². The summed E-state index contributed by atoms with van der Waals surface area (Å²) in [6.07, 6.45) is 19.2. The number of nitrogens with zero attached hydrogens (tertiary/aromatic N) is 2. The highest BCUT2D eigenvalue weighted by Crippen LogP contribution is 2.15. The molecular formula is C25H45N3O6. The molecule has 1 atom stereocenters. The molecule has 0 fully saturated rings. The molecule has 0 rings (SSSR count). The Labute approximate surface area is 204 Å². The van der Waals surface area contributed by atoms with Crippen molar-refractivity contribution in [3.63, 3.8) is 0 Å². The van der Waals surface area contributed by atoms with Gasteiger partial charge in [0.1, 0.15) is 12.3 Å². The van der Waals surface area contributed by atoms with Gasteiger partial charge in [0.2, 0.25) is 5.91 Å². The summed E-state index contributed by atoms with van der Waals surface area (Å²) in [5.41, 5.74) is 0. The third-order valence-corrected chi connectivity index (χ3v) is 6.09. The van der Waals surface area contributed by atoms with Crippen molar-refractivity contribution in [3.05, 3.63) is 4.91 Å². The number of amides is 2. The molecule has 196 valence electrons. The number of hydrazine groups is 1. The quantitative estimate of drug-likeness (QED) is 0.0464. The van der Waals surface area contributed by atoms with Gasteiger partial charge in [0.05, 0.1) is 0 Å². The van der Waals surface area contributed by atoms with Crippen LogP contribution in [0.15, 0.2) is 5.18 Å². The highest BCUT2D eigenvalue weighted by atomic mass is 16.4. The molecule has 0 saturated heterocycles. The third-order valence-electron chi connectivity index (χ3n) is 6.09. The first-order valence-corrected chi connectivity index (χ1v) is 13.0. The minimum Gasteiger partial charge on any atom is -0.481 e. The number of nitroso groups, excluding NO2 is 1. The molecule has 0 aromatic heterocycles. The molecule has 0 aromatic carbocycles. The molecule has 0 saturated carbocycles. The molecule has 0 aliphatic carbocycles. The summed E-state index contributed by atoms with van der Waals surface area (Å²) in [6, 6.07) is -1.16. The number of carboxylic acids is 1. The maximum Gasteiger partial charge on any atom is 0.310 e. The molecule has 34 heavy (non-hydrogen) atoms. The van der Waals surface area contributed by atoms with Crippen molar-refractivity contribution in [1.29, 1.82) is 0 Å². The number of carbonyl (C=O) groups excluding carboxylic acids is 3. The average molecular weight is 484 g/mol. The number of carboxylic acid groups (broad SMARTS) is 1. The van der Waals surface area contributed by atoms with Crippen LogP contribution in [0, 0.1) is 4.91 Å². The summed E-state index contributed by atoms with van der Waals surface area (Å²) in [4.78, 5) is 55.1. The van der Waals surface area contributed by atoms with Crippen LogP contribution in [-0.2, 0) is 19.2 Å². The molecule has 0 aromatic rings. The van der Waals surface area contributed by atoms with Crippen LogP contribution in [0.3, 0.4) is 0 Å². The predicted molar refractivity (Wildman–Crippen MR) is 132 cm³/mol. The summed E-state index contributed by atoms with van der Waals surface area (Å²) in [5.74, 6) is 3.56. The molecule has 0 radical (unpaired) electrons. The van der Waals surface area contributed by atoms with Gasteiger partial charge in [-0.1, -0.05) is 89.9 Å². The Morgan fingerprint density at radius 2 is 1.12 bits per heavy atom. The largest absolute Gasteiger partial charge is 0.481 e. The van der Waals surface area contributed by atoms with Gasteiger partial charge in [0, 0.05) is 24.4 Å². The first kappa shape index (κ1) is 31.8. The van der Waals surface area contributed by atoms with E-state index in [2.05, 4.69) is 5.18 Å². The van der Waals surface area contributed by atoms with E-state index in [0.29, 0.717) is 19.1 Å². The van der Waals surface area contributed by atoms with Crippen molar-refractivity contribution in [2.24, 2.45) is 11.0 Å². The normalized spacial score (nSPS) is 11.7. The fourth-order valence-corrected chi connectivity index (χ4v) is 4.00. The number of rotatable bonds is 24. The lowest BCUT2D eigenvalue weighted by Crippen LogP contribution is -2.49. The summed E-state index contributed by atoms with van der Waals surface area (Å²) in [5, 5.41) is 11.7. The van der Waals surface area contributed by atoms with Crippen molar-refractivity contribution in [3.8, 4) is 0 Å². The van der Waals surface area contributed by atoms with Crippen LogP contribution < -0.4 is 5.84 Å².